The van der Waals surface area contributed by atoms with Gasteiger partial charge in [-0.2, -0.15) is 0 Å². The standard InChI is InChI=1S/C19H25N3O4/c1-19(13-7-4-3-5-8-13)17(24)22(18(25)21-19)12-16(23)20-14-9-6-10-15(11-14)26-2/h6,9-11,13H,3-5,7-8,12H2,1-2H3,(H,20,23)(H,21,25)/t19-/m1/s1. The average Bonchev–Trinajstić information content (AvgIpc) is 2.87. The Morgan fingerprint density at radius 2 is 2.04 bits per heavy atom. The summed E-state index contributed by atoms with van der Waals surface area (Å²) in [5, 5.41) is 5.52. The lowest BCUT2D eigenvalue weighted by molar-refractivity contribution is -0.135. The SMILES string of the molecule is COc1cccc(NC(=O)CN2C(=O)N[C@](C)(C3CCCCC3)C2=O)c1. The number of rotatable bonds is 5. The van der Waals surface area contributed by atoms with Crippen LogP contribution in [0.3, 0.4) is 0 Å². The molecule has 2 fully saturated rings. The van der Waals surface area contributed by atoms with Crippen molar-refractivity contribution >= 4 is 23.5 Å². The molecule has 26 heavy (non-hydrogen) atoms. The molecule has 1 saturated carbocycles. The van der Waals surface area contributed by atoms with Gasteiger partial charge in [-0.25, -0.2) is 4.79 Å². The van der Waals surface area contributed by atoms with E-state index in [1.807, 2.05) is 0 Å². The van der Waals surface area contributed by atoms with Crippen LogP contribution in [0.1, 0.15) is 39.0 Å². The number of urea groups is 1. The van der Waals surface area contributed by atoms with Gasteiger partial charge < -0.3 is 15.4 Å². The first-order chi connectivity index (χ1) is 12.4. The van der Waals surface area contributed by atoms with Gasteiger partial charge in [0.25, 0.3) is 5.91 Å². The van der Waals surface area contributed by atoms with Gasteiger partial charge in [-0.15, -0.1) is 0 Å². The van der Waals surface area contributed by atoms with Gasteiger partial charge in [0.2, 0.25) is 5.91 Å². The van der Waals surface area contributed by atoms with Crippen molar-refractivity contribution in [2.45, 2.75) is 44.6 Å². The number of hydrogen-bond donors (Lipinski definition) is 2. The van der Waals surface area contributed by atoms with Crippen LogP contribution in [0.4, 0.5) is 10.5 Å². The highest BCUT2D eigenvalue weighted by Crippen LogP contribution is 2.36. The highest BCUT2D eigenvalue weighted by atomic mass is 16.5. The van der Waals surface area contributed by atoms with Crippen molar-refractivity contribution in [3.05, 3.63) is 24.3 Å². The Morgan fingerprint density at radius 1 is 1.31 bits per heavy atom. The molecule has 3 rings (SSSR count). The van der Waals surface area contributed by atoms with Crippen molar-refractivity contribution in [2.75, 3.05) is 19.0 Å². The Morgan fingerprint density at radius 3 is 2.73 bits per heavy atom. The summed E-state index contributed by atoms with van der Waals surface area (Å²) in [6.07, 6.45) is 5.15. The van der Waals surface area contributed by atoms with Gasteiger partial charge in [-0.05, 0) is 37.8 Å². The summed E-state index contributed by atoms with van der Waals surface area (Å²) >= 11 is 0. The first-order valence-electron chi connectivity index (χ1n) is 9.02. The Balaban J connectivity index is 1.66. The first kappa shape index (κ1) is 18.2. The summed E-state index contributed by atoms with van der Waals surface area (Å²) in [7, 11) is 1.54. The van der Waals surface area contributed by atoms with Crippen LogP contribution in [-0.4, -0.2) is 41.9 Å². The first-order valence-corrected chi connectivity index (χ1v) is 9.02. The molecule has 1 aliphatic heterocycles. The second-order valence-electron chi connectivity index (χ2n) is 7.14. The summed E-state index contributed by atoms with van der Waals surface area (Å²) in [6.45, 7) is 1.48. The highest BCUT2D eigenvalue weighted by molar-refractivity contribution is 6.10. The van der Waals surface area contributed by atoms with Crippen LogP contribution < -0.4 is 15.4 Å². The van der Waals surface area contributed by atoms with E-state index in [0.29, 0.717) is 11.4 Å². The summed E-state index contributed by atoms with van der Waals surface area (Å²) in [6, 6.07) is 6.42. The second kappa shape index (κ2) is 7.35. The van der Waals surface area contributed by atoms with Crippen molar-refractivity contribution in [2.24, 2.45) is 5.92 Å². The minimum atomic E-state index is -0.909. The second-order valence-corrected chi connectivity index (χ2v) is 7.14. The molecule has 0 aromatic heterocycles. The van der Waals surface area contributed by atoms with E-state index in [1.54, 1.807) is 38.3 Å². The zero-order chi connectivity index (χ0) is 18.7. The number of ether oxygens (including phenoxy) is 1. The van der Waals surface area contributed by atoms with E-state index in [4.69, 9.17) is 4.74 Å². The van der Waals surface area contributed by atoms with Gasteiger partial charge in [0.1, 0.15) is 17.8 Å². The number of hydrogen-bond acceptors (Lipinski definition) is 4. The number of anilines is 1. The van der Waals surface area contributed by atoms with Gasteiger partial charge in [-0.1, -0.05) is 25.3 Å². The van der Waals surface area contributed by atoms with E-state index < -0.39 is 17.5 Å². The van der Waals surface area contributed by atoms with E-state index in [-0.39, 0.29) is 18.4 Å². The third kappa shape index (κ3) is 3.52. The van der Waals surface area contributed by atoms with Crippen LogP contribution in [0.25, 0.3) is 0 Å². The van der Waals surface area contributed by atoms with Crippen LogP contribution in [0.15, 0.2) is 24.3 Å². The van der Waals surface area contributed by atoms with Gasteiger partial charge >= 0.3 is 6.03 Å². The zero-order valence-corrected chi connectivity index (χ0v) is 15.2. The number of carbonyl (C=O) groups excluding carboxylic acids is 3. The molecule has 140 valence electrons. The molecule has 0 radical (unpaired) electrons. The molecule has 1 aromatic carbocycles. The Hall–Kier alpha value is -2.57. The van der Waals surface area contributed by atoms with Crippen molar-refractivity contribution < 1.29 is 19.1 Å². The molecule has 1 heterocycles. The van der Waals surface area contributed by atoms with Gasteiger partial charge in [-0.3, -0.25) is 14.5 Å². The lowest BCUT2D eigenvalue weighted by Crippen LogP contribution is -2.51. The van der Waals surface area contributed by atoms with Gasteiger partial charge in [0.05, 0.1) is 7.11 Å². The molecule has 4 amide bonds. The molecule has 1 atom stereocenters. The largest absolute Gasteiger partial charge is 0.497 e. The minimum absolute atomic E-state index is 0.124. The summed E-state index contributed by atoms with van der Waals surface area (Å²) in [5.74, 6) is 0.00616. The molecule has 7 nitrogen and oxygen atoms in total. The number of carbonyl (C=O) groups is 3. The van der Waals surface area contributed by atoms with Crippen LogP contribution in [0, 0.1) is 5.92 Å². The maximum Gasteiger partial charge on any atom is 0.325 e. The Bertz CT molecular complexity index is 714. The predicted molar refractivity (Wildman–Crippen MR) is 96.8 cm³/mol. The maximum atomic E-state index is 12.9. The molecule has 1 aliphatic carbocycles. The van der Waals surface area contributed by atoms with E-state index in [9.17, 15) is 14.4 Å². The lowest BCUT2D eigenvalue weighted by Gasteiger charge is -2.34. The van der Waals surface area contributed by atoms with E-state index >= 15 is 0 Å². The molecule has 2 aliphatic rings. The Kier molecular flexibility index (Phi) is 5.15. The van der Waals surface area contributed by atoms with E-state index in [1.165, 1.54) is 6.42 Å². The molecular weight excluding hydrogens is 334 g/mol. The molecule has 2 N–H and O–H groups in total. The van der Waals surface area contributed by atoms with Crippen LogP contribution >= 0.6 is 0 Å². The van der Waals surface area contributed by atoms with Crippen molar-refractivity contribution in [1.29, 1.82) is 0 Å². The third-order valence-electron chi connectivity index (χ3n) is 5.38. The monoisotopic (exact) mass is 359 g/mol. The molecule has 0 bridgehead atoms. The molecule has 1 saturated heterocycles. The van der Waals surface area contributed by atoms with Crippen LogP contribution in [0.2, 0.25) is 0 Å². The number of nitrogens with zero attached hydrogens (tertiary/aromatic N) is 1. The number of imide groups is 1. The minimum Gasteiger partial charge on any atom is -0.497 e. The summed E-state index contributed by atoms with van der Waals surface area (Å²) < 4.78 is 5.12. The molecule has 0 spiro atoms. The topological polar surface area (TPSA) is 87.7 Å². The average molecular weight is 359 g/mol. The predicted octanol–water partition coefficient (Wildman–Crippen LogP) is 2.52. The number of amides is 4. The van der Waals surface area contributed by atoms with Crippen molar-refractivity contribution in [3.8, 4) is 5.75 Å². The fourth-order valence-electron chi connectivity index (χ4n) is 3.86. The number of methoxy groups -OCH3 is 1. The van der Waals surface area contributed by atoms with Crippen molar-refractivity contribution in [1.82, 2.24) is 10.2 Å². The molecule has 7 heteroatoms. The smallest absolute Gasteiger partial charge is 0.325 e. The van der Waals surface area contributed by atoms with E-state index in [2.05, 4.69) is 10.6 Å². The van der Waals surface area contributed by atoms with Gasteiger partial charge in [0, 0.05) is 11.8 Å². The summed E-state index contributed by atoms with van der Waals surface area (Å²) in [5.41, 5.74) is -0.357. The van der Waals surface area contributed by atoms with Crippen molar-refractivity contribution in [3.63, 3.8) is 0 Å². The van der Waals surface area contributed by atoms with E-state index in [0.717, 1.165) is 30.6 Å². The molecule has 0 unspecified atom stereocenters. The Labute approximate surface area is 153 Å². The normalized spacial score (nSPS) is 23.7. The van der Waals surface area contributed by atoms with Crippen LogP contribution in [0.5, 0.6) is 5.75 Å². The maximum absolute atomic E-state index is 12.9. The zero-order valence-electron chi connectivity index (χ0n) is 15.2. The third-order valence-corrected chi connectivity index (χ3v) is 5.38. The quantitative estimate of drug-likeness (QED) is 0.791. The highest BCUT2D eigenvalue weighted by Gasteiger charge is 2.52. The molecular formula is C19H25N3O4. The van der Waals surface area contributed by atoms with Gasteiger partial charge in [0.15, 0.2) is 0 Å². The molecule has 1 aromatic rings. The number of benzene rings is 1. The lowest BCUT2D eigenvalue weighted by atomic mass is 9.75. The number of nitrogens with one attached hydrogen (secondary N) is 2. The fourth-order valence-corrected chi connectivity index (χ4v) is 3.86. The fraction of sp³-hybridized carbons (Fsp3) is 0.526. The summed E-state index contributed by atoms with van der Waals surface area (Å²) in [4.78, 5) is 38.5. The van der Waals surface area contributed by atoms with Crippen LogP contribution in [-0.2, 0) is 9.59 Å².